The van der Waals surface area contributed by atoms with Crippen LogP contribution in [0, 0.1) is 11.7 Å². The number of carbonyl (C=O) groups is 1. The smallest absolute Gasteiger partial charge is 0.306 e. The number of benzene rings is 2. The summed E-state index contributed by atoms with van der Waals surface area (Å²) in [5.41, 5.74) is 8.55. The molecule has 0 aliphatic rings. The van der Waals surface area contributed by atoms with E-state index in [4.69, 9.17) is 15.6 Å². The number of ether oxygens (including phenoxy) is 1. The normalized spacial score (nSPS) is 11.5. The van der Waals surface area contributed by atoms with Gasteiger partial charge >= 0.3 is 5.97 Å². The maximum Gasteiger partial charge on any atom is 0.306 e. The minimum absolute atomic E-state index is 0.324. The maximum absolute atomic E-state index is 12.7. The third kappa shape index (κ3) is 6.56. The highest BCUT2D eigenvalue weighted by Gasteiger charge is 2.15. The van der Waals surface area contributed by atoms with Crippen LogP contribution in [0.25, 0.3) is 11.3 Å². The minimum atomic E-state index is -0.857. The summed E-state index contributed by atoms with van der Waals surface area (Å²) in [6.07, 6.45) is 0.368. The number of nitrogen functional groups attached to an aromatic ring is 1. The van der Waals surface area contributed by atoms with Gasteiger partial charge in [-0.25, -0.2) is 9.37 Å². The fraction of sp³-hybridized carbons (Fsp3) is 0.304. The molecule has 1 atom stereocenters. The van der Waals surface area contributed by atoms with Crippen molar-refractivity contribution in [2.45, 2.75) is 33.1 Å². The maximum atomic E-state index is 12.7. The average molecular weight is 431 g/mol. The summed E-state index contributed by atoms with van der Waals surface area (Å²) in [4.78, 5) is 16.1. The zero-order valence-electron chi connectivity index (χ0n) is 17.6. The number of anilines is 1. The molecule has 0 amide bonds. The molecule has 0 radical (unpaired) electrons. The summed E-state index contributed by atoms with van der Waals surface area (Å²) in [7, 11) is 1.66. The Hall–Kier alpha value is -2.93. The van der Waals surface area contributed by atoms with Crippen molar-refractivity contribution in [3.8, 4) is 17.0 Å². The number of hydrogen-bond donors (Lipinski definition) is 2. The van der Waals surface area contributed by atoms with Gasteiger partial charge in [-0.2, -0.15) is 0 Å². The SMILES string of the molecule is CC(Cc1cccc(F)c1)C(=O)O.COc1cccc(-c2nc(N)sc2C(C)C)c1. The summed E-state index contributed by atoms with van der Waals surface area (Å²) >= 11 is 1.56. The molecule has 3 aromatic rings. The standard InChI is InChI=1S/C13H16N2OS.C10H11FO2/c1-8(2)12-11(15-13(14)17-12)9-5-4-6-10(7-9)16-3;1-7(10(12)13)5-8-3-2-4-9(11)6-8/h4-8H,1-3H3,(H2,14,15);2-4,6-7H,5H2,1H3,(H,12,13). The summed E-state index contributed by atoms with van der Waals surface area (Å²) in [6.45, 7) is 5.90. The lowest BCUT2D eigenvalue weighted by Gasteiger charge is -2.06. The Morgan fingerprint density at radius 3 is 2.50 bits per heavy atom. The van der Waals surface area contributed by atoms with Gasteiger partial charge in [0.1, 0.15) is 11.6 Å². The summed E-state index contributed by atoms with van der Waals surface area (Å²) in [6, 6.07) is 13.9. The van der Waals surface area contributed by atoms with Crippen LogP contribution in [-0.4, -0.2) is 23.2 Å². The van der Waals surface area contributed by atoms with Crippen LogP contribution in [0.3, 0.4) is 0 Å². The van der Waals surface area contributed by atoms with E-state index in [1.807, 2.05) is 24.3 Å². The van der Waals surface area contributed by atoms with Crippen molar-refractivity contribution in [2.24, 2.45) is 5.92 Å². The van der Waals surface area contributed by atoms with Crippen molar-refractivity contribution in [3.63, 3.8) is 0 Å². The summed E-state index contributed by atoms with van der Waals surface area (Å²) < 4.78 is 17.9. The third-order valence-corrected chi connectivity index (χ3v) is 5.58. The van der Waals surface area contributed by atoms with E-state index >= 15 is 0 Å². The fourth-order valence-corrected chi connectivity index (χ4v) is 3.68. The van der Waals surface area contributed by atoms with Crippen LogP contribution < -0.4 is 10.5 Å². The van der Waals surface area contributed by atoms with E-state index in [0.29, 0.717) is 17.5 Å². The van der Waals surface area contributed by atoms with Crippen LogP contribution in [0.1, 0.15) is 37.1 Å². The molecule has 1 unspecified atom stereocenters. The van der Waals surface area contributed by atoms with Gasteiger partial charge in [0.05, 0.1) is 18.7 Å². The first kappa shape index (κ1) is 23.3. The molecule has 0 fully saturated rings. The Morgan fingerprint density at radius 2 is 1.90 bits per heavy atom. The Labute approximate surface area is 180 Å². The van der Waals surface area contributed by atoms with Gasteiger partial charge < -0.3 is 15.6 Å². The molecule has 0 aliphatic carbocycles. The first-order chi connectivity index (χ1) is 14.2. The molecule has 1 aromatic heterocycles. The highest BCUT2D eigenvalue weighted by Crippen LogP contribution is 2.35. The van der Waals surface area contributed by atoms with E-state index in [1.165, 1.54) is 17.0 Å². The summed E-state index contributed by atoms with van der Waals surface area (Å²) in [5.74, 6) is -0.393. The zero-order valence-corrected chi connectivity index (χ0v) is 18.4. The van der Waals surface area contributed by atoms with Gasteiger partial charge in [0, 0.05) is 10.4 Å². The van der Waals surface area contributed by atoms with E-state index in [1.54, 1.807) is 37.5 Å². The number of nitrogens with zero attached hydrogens (tertiary/aromatic N) is 1. The van der Waals surface area contributed by atoms with E-state index in [9.17, 15) is 9.18 Å². The van der Waals surface area contributed by atoms with Gasteiger partial charge in [-0.05, 0) is 42.2 Å². The molecule has 0 saturated heterocycles. The van der Waals surface area contributed by atoms with Crippen LogP contribution in [-0.2, 0) is 11.2 Å². The van der Waals surface area contributed by atoms with Gasteiger partial charge in [0.25, 0.3) is 0 Å². The van der Waals surface area contributed by atoms with Crippen LogP contribution in [0.4, 0.5) is 9.52 Å². The molecule has 30 heavy (non-hydrogen) atoms. The number of aliphatic carboxylic acids is 1. The van der Waals surface area contributed by atoms with Gasteiger partial charge in [-0.1, -0.05) is 45.0 Å². The van der Waals surface area contributed by atoms with E-state index in [2.05, 4.69) is 18.8 Å². The first-order valence-electron chi connectivity index (χ1n) is 9.59. The van der Waals surface area contributed by atoms with Crippen LogP contribution in [0.2, 0.25) is 0 Å². The third-order valence-electron chi connectivity index (χ3n) is 4.39. The summed E-state index contributed by atoms with van der Waals surface area (Å²) in [5, 5.41) is 9.24. The lowest BCUT2D eigenvalue weighted by Crippen LogP contribution is -2.12. The average Bonchev–Trinajstić information content (AvgIpc) is 3.10. The van der Waals surface area contributed by atoms with Gasteiger partial charge in [-0.15, -0.1) is 11.3 Å². The molecule has 2 aromatic carbocycles. The Morgan fingerprint density at radius 1 is 1.20 bits per heavy atom. The lowest BCUT2D eigenvalue weighted by molar-refractivity contribution is -0.141. The Balaban J connectivity index is 0.000000222. The molecule has 5 nitrogen and oxygen atoms in total. The molecule has 7 heteroatoms. The van der Waals surface area contributed by atoms with Crippen molar-refractivity contribution >= 4 is 22.4 Å². The van der Waals surface area contributed by atoms with Crippen LogP contribution >= 0.6 is 11.3 Å². The molecule has 3 N–H and O–H groups in total. The predicted octanol–water partition coefficient (Wildman–Crippen LogP) is 5.61. The lowest BCUT2D eigenvalue weighted by atomic mass is 10.0. The van der Waals surface area contributed by atoms with Crippen molar-refractivity contribution in [3.05, 3.63) is 64.8 Å². The predicted molar refractivity (Wildman–Crippen MR) is 120 cm³/mol. The molecule has 0 spiro atoms. The van der Waals surface area contributed by atoms with Crippen molar-refractivity contribution in [1.82, 2.24) is 4.98 Å². The van der Waals surface area contributed by atoms with Crippen LogP contribution in [0.5, 0.6) is 5.75 Å². The minimum Gasteiger partial charge on any atom is -0.497 e. The Bertz CT molecular complexity index is 988. The molecule has 0 bridgehead atoms. The van der Waals surface area contributed by atoms with Crippen LogP contribution in [0.15, 0.2) is 48.5 Å². The number of carboxylic acid groups (broad SMARTS) is 1. The van der Waals surface area contributed by atoms with Gasteiger partial charge in [0.2, 0.25) is 0 Å². The van der Waals surface area contributed by atoms with Gasteiger partial charge in [-0.3, -0.25) is 4.79 Å². The number of thiazole rings is 1. The van der Waals surface area contributed by atoms with E-state index in [0.717, 1.165) is 22.6 Å². The second-order valence-electron chi connectivity index (χ2n) is 7.22. The number of carboxylic acids is 1. The molecule has 0 aliphatic heterocycles. The van der Waals surface area contributed by atoms with E-state index < -0.39 is 11.9 Å². The van der Waals surface area contributed by atoms with Gasteiger partial charge in [0.15, 0.2) is 5.13 Å². The second-order valence-corrected chi connectivity index (χ2v) is 8.29. The number of rotatable bonds is 6. The quantitative estimate of drug-likeness (QED) is 0.531. The second kappa shape index (κ2) is 10.7. The first-order valence-corrected chi connectivity index (χ1v) is 10.4. The molecule has 3 rings (SSSR count). The zero-order chi connectivity index (χ0) is 22.3. The van der Waals surface area contributed by atoms with Crippen molar-refractivity contribution in [2.75, 3.05) is 12.8 Å². The molecule has 0 saturated carbocycles. The monoisotopic (exact) mass is 430 g/mol. The van der Waals surface area contributed by atoms with E-state index in [-0.39, 0.29) is 5.82 Å². The number of halogens is 1. The number of nitrogens with two attached hydrogens (primary N) is 1. The molecule has 160 valence electrons. The number of methoxy groups -OCH3 is 1. The largest absolute Gasteiger partial charge is 0.497 e. The molecule has 1 heterocycles. The molecular weight excluding hydrogens is 403 g/mol. The molecular formula is C23H27FN2O3S. The topological polar surface area (TPSA) is 85.4 Å². The number of hydrogen-bond acceptors (Lipinski definition) is 5. The highest BCUT2D eigenvalue weighted by molar-refractivity contribution is 7.15. The Kier molecular flexibility index (Phi) is 8.35. The van der Waals surface area contributed by atoms with Crippen molar-refractivity contribution < 1.29 is 19.0 Å². The van der Waals surface area contributed by atoms with Crippen molar-refractivity contribution in [1.29, 1.82) is 0 Å². The fourth-order valence-electron chi connectivity index (χ4n) is 2.82. The number of aromatic nitrogens is 1. The highest BCUT2D eigenvalue weighted by atomic mass is 32.1.